The van der Waals surface area contributed by atoms with E-state index in [4.69, 9.17) is 9.16 Å². The van der Waals surface area contributed by atoms with Crippen molar-refractivity contribution in [2.75, 3.05) is 6.61 Å². The maximum atomic E-state index is 13.4. The van der Waals surface area contributed by atoms with Crippen LogP contribution in [0, 0.1) is 17.8 Å². The van der Waals surface area contributed by atoms with E-state index in [-0.39, 0.29) is 41.7 Å². The van der Waals surface area contributed by atoms with Gasteiger partial charge >= 0.3 is 5.97 Å². The normalized spacial score (nSPS) is 13.7. The first-order chi connectivity index (χ1) is 18.1. The van der Waals surface area contributed by atoms with Gasteiger partial charge in [-0.2, -0.15) is 0 Å². The van der Waals surface area contributed by atoms with Crippen molar-refractivity contribution in [2.24, 2.45) is 17.8 Å². The average Bonchev–Trinajstić information content (AvgIpc) is 2.89. The molecule has 0 spiro atoms. The number of esters is 1. The SMILES string of the molecule is CC(=O)C[C@H](C(=O)OCc1ccccc1)[C@H](CO[Si](c1ccccc1)(c1ccccc1)C(C)(C)C)C(C)C. The van der Waals surface area contributed by atoms with Gasteiger partial charge in [-0.05, 0) is 39.7 Å². The quantitative estimate of drug-likeness (QED) is 0.207. The number of rotatable bonds is 12. The molecule has 0 bridgehead atoms. The van der Waals surface area contributed by atoms with Crippen molar-refractivity contribution < 1.29 is 18.8 Å². The van der Waals surface area contributed by atoms with Gasteiger partial charge in [0, 0.05) is 13.0 Å². The molecule has 0 aliphatic heterocycles. The maximum Gasteiger partial charge on any atom is 0.310 e. The Morgan fingerprint density at radius 3 is 1.68 bits per heavy atom. The zero-order chi connectivity index (χ0) is 27.8. The maximum absolute atomic E-state index is 13.4. The van der Waals surface area contributed by atoms with E-state index in [0.717, 1.165) is 5.56 Å². The van der Waals surface area contributed by atoms with Crippen LogP contribution in [0.5, 0.6) is 0 Å². The molecule has 202 valence electrons. The Balaban J connectivity index is 1.97. The zero-order valence-electron chi connectivity index (χ0n) is 23.6. The van der Waals surface area contributed by atoms with Crippen LogP contribution >= 0.6 is 0 Å². The van der Waals surface area contributed by atoms with E-state index >= 15 is 0 Å². The highest BCUT2D eigenvalue weighted by molar-refractivity contribution is 6.99. The number of carbonyl (C=O) groups is 2. The van der Waals surface area contributed by atoms with Gasteiger partial charge in [-0.1, -0.05) is 126 Å². The number of ketones is 1. The summed E-state index contributed by atoms with van der Waals surface area (Å²) in [5.74, 6) is -1.00. The Kier molecular flexibility index (Phi) is 10.2. The van der Waals surface area contributed by atoms with E-state index in [1.807, 2.05) is 42.5 Å². The molecule has 0 fully saturated rings. The standard InChI is InChI=1S/C33H42O4Si/c1-25(2)31(30(22-26(3)34)32(35)36-23-27-16-10-7-11-17-27)24-37-38(33(4,5)6,28-18-12-8-13-19-28)29-20-14-9-15-21-29/h7-21,25,30-31H,22-24H2,1-6H3/t30-,31+/m0/s1. The summed E-state index contributed by atoms with van der Waals surface area (Å²) in [7, 11) is -2.79. The molecule has 0 aliphatic carbocycles. The lowest BCUT2D eigenvalue weighted by atomic mass is 9.81. The van der Waals surface area contributed by atoms with Gasteiger partial charge in [0.15, 0.2) is 0 Å². The van der Waals surface area contributed by atoms with E-state index < -0.39 is 14.2 Å². The third-order valence-corrected chi connectivity index (χ3v) is 12.3. The Hall–Kier alpha value is -3.02. The van der Waals surface area contributed by atoms with Crippen LogP contribution in [0.15, 0.2) is 91.0 Å². The summed E-state index contributed by atoms with van der Waals surface area (Å²) in [4.78, 5) is 25.8. The second-order valence-electron chi connectivity index (χ2n) is 11.5. The van der Waals surface area contributed by atoms with Crippen molar-refractivity contribution in [3.8, 4) is 0 Å². The third-order valence-electron chi connectivity index (χ3n) is 7.32. The zero-order valence-corrected chi connectivity index (χ0v) is 24.6. The fourth-order valence-corrected chi connectivity index (χ4v) is 9.91. The molecular formula is C33H42O4Si. The van der Waals surface area contributed by atoms with Gasteiger partial charge < -0.3 is 14.0 Å². The van der Waals surface area contributed by atoms with Crippen molar-refractivity contribution in [3.63, 3.8) is 0 Å². The lowest BCUT2D eigenvalue weighted by molar-refractivity contribution is -0.155. The van der Waals surface area contributed by atoms with Crippen LogP contribution in [0.25, 0.3) is 0 Å². The first-order valence-corrected chi connectivity index (χ1v) is 15.4. The number of hydrogen-bond donors (Lipinski definition) is 0. The summed E-state index contributed by atoms with van der Waals surface area (Å²) in [6.07, 6.45) is 0.139. The number of ether oxygens (including phenoxy) is 1. The summed E-state index contributed by atoms with van der Waals surface area (Å²) in [5, 5.41) is 2.20. The number of benzene rings is 3. The molecule has 0 heterocycles. The van der Waals surface area contributed by atoms with Gasteiger partial charge in [-0.15, -0.1) is 0 Å². The lowest BCUT2D eigenvalue weighted by Crippen LogP contribution is -2.67. The van der Waals surface area contributed by atoms with Crippen LogP contribution in [0.4, 0.5) is 0 Å². The van der Waals surface area contributed by atoms with Crippen LogP contribution in [-0.4, -0.2) is 26.7 Å². The minimum Gasteiger partial charge on any atom is -0.461 e. The summed E-state index contributed by atoms with van der Waals surface area (Å²) in [6.45, 7) is 13.0. The van der Waals surface area contributed by atoms with Gasteiger partial charge in [0.1, 0.15) is 12.4 Å². The molecule has 3 aromatic rings. The van der Waals surface area contributed by atoms with E-state index in [1.54, 1.807) is 0 Å². The van der Waals surface area contributed by atoms with Crippen LogP contribution < -0.4 is 10.4 Å². The summed E-state index contributed by atoms with van der Waals surface area (Å²) in [6, 6.07) is 30.6. The van der Waals surface area contributed by atoms with Gasteiger partial charge in [0.05, 0.1) is 5.92 Å². The molecular weight excluding hydrogens is 488 g/mol. The fraction of sp³-hybridized carbons (Fsp3) is 0.394. The molecule has 5 heteroatoms. The second kappa shape index (κ2) is 13.2. The summed E-state index contributed by atoms with van der Waals surface area (Å²) < 4.78 is 12.9. The van der Waals surface area contributed by atoms with Gasteiger partial charge in [-0.3, -0.25) is 4.79 Å². The predicted octanol–water partition coefficient (Wildman–Crippen LogP) is 6.17. The fourth-order valence-electron chi connectivity index (χ4n) is 5.31. The van der Waals surface area contributed by atoms with E-state index in [9.17, 15) is 9.59 Å². The highest BCUT2D eigenvalue weighted by Gasteiger charge is 2.51. The van der Waals surface area contributed by atoms with Gasteiger partial charge in [0.25, 0.3) is 8.32 Å². The molecule has 4 nitrogen and oxygen atoms in total. The highest BCUT2D eigenvalue weighted by Crippen LogP contribution is 2.38. The first kappa shape index (κ1) is 29.5. The second-order valence-corrected chi connectivity index (χ2v) is 15.8. The topological polar surface area (TPSA) is 52.6 Å². The highest BCUT2D eigenvalue weighted by atomic mass is 28.4. The number of hydrogen-bond acceptors (Lipinski definition) is 4. The monoisotopic (exact) mass is 530 g/mol. The van der Waals surface area contributed by atoms with Gasteiger partial charge in [0.2, 0.25) is 0 Å². The first-order valence-electron chi connectivity index (χ1n) is 13.5. The van der Waals surface area contributed by atoms with Crippen molar-refractivity contribution in [1.29, 1.82) is 0 Å². The molecule has 0 unspecified atom stereocenters. The molecule has 3 aromatic carbocycles. The summed E-state index contributed by atoms with van der Waals surface area (Å²) in [5.41, 5.74) is 0.923. The molecule has 2 atom stereocenters. The molecule has 0 amide bonds. The van der Waals surface area contributed by atoms with Crippen molar-refractivity contribution in [3.05, 3.63) is 96.6 Å². The largest absolute Gasteiger partial charge is 0.461 e. The Bertz CT molecular complexity index is 1110. The third kappa shape index (κ3) is 7.09. The average molecular weight is 531 g/mol. The van der Waals surface area contributed by atoms with Crippen molar-refractivity contribution >= 4 is 30.4 Å². The predicted molar refractivity (Wildman–Crippen MR) is 157 cm³/mol. The van der Waals surface area contributed by atoms with Crippen LogP contribution in [0.2, 0.25) is 5.04 Å². The van der Waals surface area contributed by atoms with Gasteiger partial charge in [-0.25, -0.2) is 0 Å². The van der Waals surface area contributed by atoms with Crippen LogP contribution in [-0.2, 0) is 25.4 Å². The minimum absolute atomic E-state index is 0.0252. The number of carbonyl (C=O) groups excluding carboxylic acids is 2. The number of Topliss-reactive ketones (excluding diaryl/α,β-unsaturated/α-hetero) is 1. The minimum atomic E-state index is -2.79. The van der Waals surface area contributed by atoms with E-state index in [1.165, 1.54) is 17.3 Å². The Morgan fingerprint density at radius 1 is 0.789 bits per heavy atom. The Morgan fingerprint density at radius 2 is 1.26 bits per heavy atom. The Labute approximate surface area is 229 Å². The molecule has 38 heavy (non-hydrogen) atoms. The molecule has 0 aliphatic rings. The molecule has 0 radical (unpaired) electrons. The molecule has 3 rings (SSSR count). The molecule has 0 aromatic heterocycles. The van der Waals surface area contributed by atoms with E-state index in [0.29, 0.717) is 6.61 Å². The van der Waals surface area contributed by atoms with Crippen LogP contribution in [0.1, 0.15) is 53.5 Å². The molecule has 0 saturated heterocycles. The molecule has 0 saturated carbocycles. The summed E-state index contributed by atoms with van der Waals surface area (Å²) >= 11 is 0. The lowest BCUT2D eigenvalue weighted by Gasteiger charge is -2.44. The van der Waals surface area contributed by atoms with E-state index in [2.05, 4.69) is 83.1 Å². The molecule has 0 N–H and O–H groups in total. The van der Waals surface area contributed by atoms with Crippen molar-refractivity contribution in [2.45, 2.75) is 59.6 Å². The van der Waals surface area contributed by atoms with Crippen molar-refractivity contribution in [1.82, 2.24) is 0 Å². The smallest absolute Gasteiger partial charge is 0.310 e. The van der Waals surface area contributed by atoms with Crippen LogP contribution in [0.3, 0.4) is 0 Å².